The van der Waals surface area contributed by atoms with Crippen LogP contribution in [-0.4, -0.2) is 67.5 Å². The summed E-state index contributed by atoms with van der Waals surface area (Å²) in [6.07, 6.45) is 4.18. The van der Waals surface area contributed by atoms with Gasteiger partial charge in [0.05, 0.1) is 0 Å². The van der Waals surface area contributed by atoms with Crippen molar-refractivity contribution in [1.82, 2.24) is 20.4 Å². The molecule has 0 spiro atoms. The average Bonchev–Trinajstić information content (AvgIpc) is 3.20. The molecular weight excluding hydrogens is 470 g/mol. The van der Waals surface area contributed by atoms with Crippen LogP contribution in [0.2, 0.25) is 0 Å². The number of carbonyl (C=O) groups is 3. The summed E-state index contributed by atoms with van der Waals surface area (Å²) >= 11 is 4.35. The third kappa shape index (κ3) is 4.73. The van der Waals surface area contributed by atoms with Gasteiger partial charge in [-0.2, -0.15) is 0 Å². The Morgan fingerprint density at radius 3 is 2.66 bits per heavy atom. The number of carboxylic acids is 1. The fourth-order valence-corrected chi connectivity index (χ4v) is 7.49. The van der Waals surface area contributed by atoms with Crippen LogP contribution in [0.4, 0.5) is 0 Å². The van der Waals surface area contributed by atoms with Gasteiger partial charge >= 0.3 is 5.97 Å². The number of amides is 2. The number of nitrogens with zero attached hydrogens (tertiary/aromatic N) is 3. The lowest BCUT2D eigenvalue weighted by Crippen LogP contribution is -2.70. The van der Waals surface area contributed by atoms with Gasteiger partial charge in [-0.05, 0) is 38.2 Å². The first kappa shape index (κ1) is 23.3. The molecule has 172 valence electrons. The zero-order valence-electron chi connectivity index (χ0n) is 17.6. The molecule has 2 aliphatic heterocycles. The van der Waals surface area contributed by atoms with E-state index in [-0.39, 0.29) is 23.9 Å². The minimum absolute atomic E-state index is 0.0263. The predicted molar refractivity (Wildman–Crippen MR) is 124 cm³/mol. The lowest BCUT2D eigenvalue weighted by atomic mass is 9.89. The third-order valence-electron chi connectivity index (χ3n) is 5.77. The Hall–Kier alpha value is -1.89. The molecule has 1 aromatic heterocycles. The van der Waals surface area contributed by atoms with Gasteiger partial charge in [-0.25, -0.2) is 4.79 Å². The Labute approximate surface area is 198 Å². The number of fused-ring (bicyclic) bond motifs is 1. The molecule has 4 N–H and O–H groups in total. The van der Waals surface area contributed by atoms with Crippen molar-refractivity contribution in [2.45, 2.75) is 54.8 Å². The molecule has 1 fully saturated rings. The van der Waals surface area contributed by atoms with Gasteiger partial charge in [-0.1, -0.05) is 34.2 Å². The van der Waals surface area contributed by atoms with Crippen molar-refractivity contribution in [3.05, 3.63) is 27.4 Å². The molecule has 3 aliphatic rings. The van der Waals surface area contributed by atoms with Crippen LogP contribution in [0.3, 0.4) is 0 Å². The Balaban J connectivity index is 1.42. The highest BCUT2D eigenvalue weighted by Crippen LogP contribution is 2.42. The maximum Gasteiger partial charge on any atom is 0.352 e. The number of hydrogen-bond donors (Lipinski definition) is 3. The van der Waals surface area contributed by atoms with Crippen LogP contribution in [0.5, 0.6) is 0 Å². The highest BCUT2D eigenvalue weighted by Gasteiger charge is 2.54. The summed E-state index contributed by atoms with van der Waals surface area (Å²) in [4.78, 5) is 38.7. The van der Waals surface area contributed by atoms with E-state index in [1.54, 1.807) is 0 Å². The number of rotatable bonds is 8. The zero-order valence-corrected chi connectivity index (χ0v) is 20.1. The van der Waals surface area contributed by atoms with Gasteiger partial charge in [0.2, 0.25) is 5.91 Å². The molecule has 12 heteroatoms. The van der Waals surface area contributed by atoms with Gasteiger partial charge in [-0.3, -0.25) is 14.5 Å². The molecule has 2 atom stereocenters. The average molecular weight is 496 g/mol. The van der Waals surface area contributed by atoms with Crippen molar-refractivity contribution in [1.29, 1.82) is 0 Å². The summed E-state index contributed by atoms with van der Waals surface area (Å²) in [6, 6.07) is -0.701. The van der Waals surface area contributed by atoms with E-state index in [2.05, 4.69) is 15.5 Å². The molecule has 3 heterocycles. The smallest absolute Gasteiger partial charge is 0.352 e. The second-order valence-corrected chi connectivity index (χ2v) is 11.4. The summed E-state index contributed by atoms with van der Waals surface area (Å²) < 4.78 is 0.765. The van der Waals surface area contributed by atoms with Gasteiger partial charge in [-0.15, -0.1) is 22.0 Å². The molecule has 0 radical (unpaired) electrons. The van der Waals surface area contributed by atoms with E-state index >= 15 is 0 Å². The number of β-lactam (4-membered cyclic amide) rings is 1. The first-order valence-corrected chi connectivity index (χ1v) is 13.3. The molecule has 2 amide bonds. The van der Waals surface area contributed by atoms with Gasteiger partial charge in [0.1, 0.15) is 22.1 Å². The molecule has 0 bridgehead atoms. The number of nitrogens with two attached hydrogens (primary N) is 1. The fourth-order valence-electron chi connectivity index (χ4n) is 4.19. The molecule has 0 saturated carbocycles. The van der Waals surface area contributed by atoms with Crippen molar-refractivity contribution < 1.29 is 19.5 Å². The van der Waals surface area contributed by atoms with E-state index in [0.29, 0.717) is 23.6 Å². The molecule has 1 unspecified atom stereocenters. The van der Waals surface area contributed by atoms with Gasteiger partial charge in [0.25, 0.3) is 5.91 Å². The summed E-state index contributed by atoms with van der Waals surface area (Å²) in [6.45, 7) is 2.32. The van der Waals surface area contributed by atoms with Crippen LogP contribution < -0.4 is 11.1 Å². The molecule has 4 rings (SSSR count). The number of carbonyl (C=O) groups excluding carboxylic acids is 2. The number of hydrogen-bond acceptors (Lipinski definition) is 9. The fraction of sp³-hybridized carbons (Fsp3) is 0.550. The predicted octanol–water partition coefficient (Wildman–Crippen LogP) is 1.90. The van der Waals surface area contributed by atoms with Crippen LogP contribution in [0.25, 0.3) is 0 Å². The van der Waals surface area contributed by atoms with E-state index in [1.807, 2.05) is 6.92 Å². The number of carboxylic acid groups (broad SMARTS) is 1. The normalized spacial score (nSPS) is 23.2. The monoisotopic (exact) mass is 495 g/mol. The van der Waals surface area contributed by atoms with E-state index in [1.165, 1.54) is 39.8 Å². The Morgan fingerprint density at radius 1 is 1.25 bits per heavy atom. The molecule has 0 aromatic carbocycles. The highest BCUT2D eigenvalue weighted by atomic mass is 32.2. The Kier molecular flexibility index (Phi) is 7.23. The van der Waals surface area contributed by atoms with E-state index in [4.69, 9.17) is 5.73 Å². The topological polar surface area (TPSA) is 139 Å². The molecule has 1 saturated heterocycles. The van der Waals surface area contributed by atoms with Gasteiger partial charge in [0, 0.05) is 24.5 Å². The Morgan fingerprint density at radius 2 is 2.00 bits per heavy atom. The van der Waals surface area contributed by atoms with Crippen molar-refractivity contribution >= 4 is 52.6 Å². The number of nitrogens with one attached hydrogen (secondary N) is 1. The van der Waals surface area contributed by atoms with Crippen LogP contribution in [0.1, 0.15) is 37.1 Å². The summed E-state index contributed by atoms with van der Waals surface area (Å²) in [5, 5.41) is 21.1. The minimum Gasteiger partial charge on any atom is -0.477 e. The van der Waals surface area contributed by atoms with Crippen molar-refractivity contribution in [3.8, 4) is 0 Å². The van der Waals surface area contributed by atoms with Gasteiger partial charge < -0.3 is 16.2 Å². The Bertz CT molecular complexity index is 1010. The van der Waals surface area contributed by atoms with E-state index < -0.39 is 17.4 Å². The number of aryl methyl sites for hydroxylation is 1. The maximum absolute atomic E-state index is 12.8. The van der Waals surface area contributed by atoms with Crippen molar-refractivity contribution in [2.24, 2.45) is 5.73 Å². The highest BCUT2D eigenvalue weighted by molar-refractivity contribution is 8.01. The number of aromatic nitrogens is 2. The summed E-state index contributed by atoms with van der Waals surface area (Å²) in [7, 11) is 0. The van der Waals surface area contributed by atoms with Crippen molar-refractivity contribution in [2.75, 3.05) is 18.1 Å². The first-order chi connectivity index (χ1) is 15.4. The van der Waals surface area contributed by atoms with Crippen LogP contribution in [-0.2, 0) is 14.4 Å². The quantitative estimate of drug-likeness (QED) is 0.280. The third-order valence-corrected chi connectivity index (χ3v) is 9.17. The number of aliphatic carboxylic acids is 1. The van der Waals surface area contributed by atoms with Gasteiger partial charge in [0.15, 0.2) is 4.34 Å². The van der Waals surface area contributed by atoms with Crippen molar-refractivity contribution in [3.63, 3.8) is 0 Å². The van der Waals surface area contributed by atoms with E-state index in [9.17, 15) is 19.5 Å². The maximum atomic E-state index is 12.8. The molecular formula is C20H25N5O4S3. The second kappa shape index (κ2) is 9.94. The van der Waals surface area contributed by atoms with Crippen LogP contribution >= 0.6 is 34.9 Å². The SMILES string of the molecule is Cc1nnc(SCC2=C(C(=O)O)N3C(=O)C(NC(=O)CC4=C(CN)CCCC4)[C@H]3SC2)s1. The molecule has 1 aromatic rings. The standard InChI is InChI=1S/C20H25N5O4S3/c1-10-23-24-20(32-10)31-9-13-8-30-18-15(17(27)25(18)16(13)19(28)29)22-14(26)6-11-4-2-3-5-12(11)7-21/h15,18H,2-9,21H2,1H3,(H,22,26)(H,28,29)/t15?,18-/m1/s1. The lowest BCUT2D eigenvalue weighted by Gasteiger charge is -2.49. The van der Waals surface area contributed by atoms with Crippen LogP contribution in [0, 0.1) is 6.92 Å². The summed E-state index contributed by atoms with van der Waals surface area (Å²) in [5.41, 5.74) is 8.74. The van der Waals surface area contributed by atoms with Crippen LogP contribution in [0.15, 0.2) is 26.8 Å². The zero-order chi connectivity index (χ0) is 22.8. The lowest BCUT2D eigenvalue weighted by molar-refractivity contribution is -0.150. The summed E-state index contributed by atoms with van der Waals surface area (Å²) in [5.74, 6) is -0.806. The molecule has 9 nitrogen and oxygen atoms in total. The molecule has 1 aliphatic carbocycles. The first-order valence-electron chi connectivity index (χ1n) is 10.4. The minimum atomic E-state index is -1.13. The van der Waals surface area contributed by atoms with E-state index in [0.717, 1.165) is 46.2 Å². The largest absolute Gasteiger partial charge is 0.477 e. The number of thioether (sulfide) groups is 2. The molecule has 32 heavy (non-hydrogen) atoms. The second-order valence-electron chi connectivity index (χ2n) is 7.88.